The molecule has 0 bridgehead atoms. The van der Waals surface area contributed by atoms with E-state index in [0.717, 1.165) is 32.8 Å². The molecule has 1 aromatic heterocycles. The van der Waals surface area contributed by atoms with E-state index in [-0.39, 0.29) is 0 Å². The summed E-state index contributed by atoms with van der Waals surface area (Å²) >= 11 is 0. The van der Waals surface area contributed by atoms with Gasteiger partial charge < -0.3 is 0 Å². The summed E-state index contributed by atoms with van der Waals surface area (Å²) in [6, 6.07) is 58.7. The zero-order chi connectivity index (χ0) is 32.8. The molecule has 11 aromatic rings. The van der Waals surface area contributed by atoms with Crippen molar-refractivity contribution in [3.63, 3.8) is 0 Å². The fourth-order valence-corrected chi connectivity index (χ4v) is 8.18. The van der Waals surface area contributed by atoms with Crippen molar-refractivity contribution in [1.29, 1.82) is 0 Å². The number of rotatable bonds is 3. The Morgan fingerprint density at radius 2 is 0.720 bits per heavy atom. The van der Waals surface area contributed by atoms with Crippen LogP contribution in [0.15, 0.2) is 164 Å². The van der Waals surface area contributed by atoms with Crippen LogP contribution >= 0.6 is 0 Å². The minimum Gasteiger partial charge on any atom is -0.208 e. The second-order valence-electron chi connectivity index (χ2n) is 13.2. The van der Waals surface area contributed by atoms with E-state index in [9.17, 15) is 0 Å². The van der Waals surface area contributed by atoms with E-state index in [2.05, 4.69) is 146 Å². The summed E-state index contributed by atoms with van der Waals surface area (Å²) in [5.41, 5.74) is 2.91. The minimum absolute atomic E-state index is 0.654. The Morgan fingerprint density at radius 1 is 0.260 bits per heavy atom. The van der Waals surface area contributed by atoms with Crippen LogP contribution in [-0.4, -0.2) is 15.0 Å². The van der Waals surface area contributed by atoms with Gasteiger partial charge in [0.1, 0.15) is 0 Å². The van der Waals surface area contributed by atoms with Crippen LogP contribution in [0.4, 0.5) is 0 Å². The summed E-state index contributed by atoms with van der Waals surface area (Å²) in [4.78, 5) is 15.5. The Hall–Kier alpha value is -6.71. The van der Waals surface area contributed by atoms with Gasteiger partial charge in [-0.05, 0) is 87.5 Å². The molecule has 3 heteroatoms. The minimum atomic E-state index is 0.654. The first-order valence-electron chi connectivity index (χ1n) is 17.0. The number of nitrogens with zero attached hydrogens (tertiary/aromatic N) is 3. The monoisotopic (exact) mass is 633 g/mol. The SMILES string of the molecule is c1ccc(-c2nc(-c3cc4ccc5cccc6c7cccc8ccc9cccc(c(c3)c4c56)c9c87)nc(-c3cccc4ccccc34)n2)cc1. The highest BCUT2D eigenvalue weighted by atomic mass is 15.0. The molecule has 0 radical (unpaired) electrons. The molecule has 0 saturated carbocycles. The Kier molecular flexibility index (Phi) is 5.67. The number of aromatic nitrogens is 3. The first kappa shape index (κ1) is 27.3. The van der Waals surface area contributed by atoms with Gasteiger partial charge in [0.2, 0.25) is 0 Å². The van der Waals surface area contributed by atoms with Crippen molar-refractivity contribution < 1.29 is 0 Å². The van der Waals surface area contributed by atoms with Gasteiger partial charge in [0.25, 0.3) is 0 Å². The summed E-state index contributed by atoms with van der Waals surface area (Å²) in [6.07, 6.45) is 0. The molecule has 0 fully saturated rings. The molecule has 0 saturated heterocycles. The molecule has 50 heavy (non-hydrogen) atoms. The fraction of sp³-hybridized carbons (Fsp3) is 0. The van der Waals surface area contributed by atoms with Gasteiger partial charge in [-0.3, -0.25) is 0 Å². The molecule has 0 N–H and O–H groups in total. The molecule has 0 aliphatic heterocycles. The van der Waals surface area contributed by atoms with Gasteiger partial charge in [-0.1, -0.05) is 152 Å². The van der Waals surface area contributed by atoms with Crippen LogP contribution < -0.4 is 0 Å². The molecule has 1 heterocycles. The molecule has 0 spiro atoms. The molecular weight excluding hydrogens is 607 g/mol. The van der Waals surface area contributed by atoms with Gasteiger partial charge in [-0.15, -0.1) is 0 Å². The molecule has 0 amide bonds. The van der Waals surface area contributed by atoms with Crippen LogP contribution in [0.2, 0.25) is 0 Å². The molecule has 0 unspecified atom stereocenters. The first-order valence-corrected chi connectivity index (χ1v) is 17.0. The average molecular weight is 634 g/mol. The molecule has 0 atom stereocenters. The van der Waals surface area contributed by atoms with Gasteiger partial charge in [0.05, 0.1) is 0 Å². The molecule has 11 rings (SSSR count). The van der Waals surface area contributed by atoms with E-state index in [1.807, 2.05) is 18.2 Å². The van der Waals surface area contributed by atoms with Crippen LogP contribution in [0.5, 0.6) is 0 Å². The Morgan fingerprint density at radius 3 is 1.40 bits per heavy atom. The lowest BCUT2D eigenvalue weighted by Gasteiger charge is -2.17. The van der Waals surface area contributed by atoms with Gasteiger partial charge >= 0.3 is 0 Å². The standard InChI is InChI=1S/C47H27N3/c1-2-11-32(12-3-1)45-48-46(50-47(49-45)39-21-6-13-28-10-4-5-17-35(28)39)34-26-33-25-24-31-15-8-19-37-36-18-7-14-29-22-23-30-16-9-20-38(43(30)41(29)36)40(27-34)44(33)42(31)37/h1-27H. The van der Waals surface area contributed by atoms with E-state index in [1.165, 1.54) is 59.2 Å². The Balaban J connectivity index is 1.30. The third kappa shape index (κ3) is 3.95. The van der Waals surface area contributed by atoms with Crippen molar-refractivity contribution in [3.8, 4) is 34.2 Å². The maximum absolute atomic E-state index is 5.25. The molecule has 0 aliphatic rings. The molecule has 10 aromatic carbocycles. The van der Waals surface area contributed by atoms with Crippen molar-refractivity contribution in [1.82, 2.24) is 15.0 Å². The second-order valence-corrected chi connectivity index (χ2v) is 13.2. The topological polar surface area (TPSA) is 38.7 Å². The van der Waals surface area contributed by atoms with Crippen molar-refractivity contribution in [2.75, 3.05) is 0 Å². The molecule has 3 nitrogen and oxygen atoms in total. The summed E-state index contributed by atoms with van der Waals surface area (Å²) in [7, 11) is 0. The second kappa shape index (κ2) is 10.4. The van der Waals surface area contributed by atoms with Crippen molar-refractivity contribution in [3.05, 3.63) is 164 Å². The highest BCUT2D eigenvalue weighted by molar-refractivity contribution is 6.37. The van der Waals surface area contributed by atoms with E-state index < -0.39 is 0 Å². The smallest absolute Gasteiger partial charge is 0.164 e. The molecule has 230 valence electrons. The summed E-state index contributed by atoms with van der Waals surface area (Å²) < 4.78 is 0. The van der Waals surface area contributed by atoms with E-state index >= 15 is 0 Å². The number of fused-ring (bicyclic) bond motifs is 3. The first-order chi connectivity index (χ1) is 24.8. The highest BCUT2D eigenvalue weighted by Gasteiger charge is 2.19. The molecule has 0 aliphatic carbocycles. The summed E-state index contributed by atoms with van der Waals surface area (Å²) in [5, 5.41) is 17.2. The maximum atomic E-state index is 5.25. The lowest BCUT2D eigenvalue weighted by molar-refractivity contribution is 1.08. The molecular formula is C47H27N3. The summed E-state index contributed by atoms with van der Waals surface area (Å²) in [6.45, 7) is 0. The van der Waals surface area contributed by atoms with Gasteiger partial charge in [-0.2, -0.15) is 0 Å². The van der Waals surface area contributed by atoms with Crippen molar-refractivity contribution in [2.24, 2.45) is 0 Å². The maximum Gasteiger partial charge on any atom is 0.164 e. The van der Waals surface area contributed by atoms with Gasteiger partial charge in [0, 0.05) is 16.7 Å². The van der Waals surface area contributed by atoms with E-state index in [4.69, 9.17) is 15.0 Å². The number of hydrogen-bond donors (Lipinski definition) is 0. The predicted molar refractivity (Wildman–Crippen MR) is 210 cm³/mol. The normalized spacial score (nSPS) is 12.0. The van der Waals surface area contributed by atoms with Crippen LogP contribution in [0.3, 0.4) is 0 Å². The lowest BCUT2D eigenvalue weighted by Crippen LogP contribution is -2.00. The average Bonchev–Trinajstić information content (AvgIpc) is 3.19. The Labute approximate surface area is 287 Å². The largest absolute Gasteiger partial charge is 0.208 e. The highest BCUT2D eigenvalue weighted by Crippen LogP contribution is 2.44. The van der Waals surface area contributed by atoms with E-state index in [0.29, 0.717) is 17.5 Å². The quantitative estimate of drug-likeness (QED) is 0.182. The number of benzene rings is 9. The van der Waals surface area contributed by atoms with Crippen LogP contribution in [0, 0.1) is 0 Å². The third-order valence-electron chi connectivity index (χ3n) is 10.4. The zero-order valence-electron chi connectivity index (χ0n) is 26.9. The Bertz CT molecular complexity index is 3130. The van der Waals surface area contributed by atoms with Crippen LogP contribution in [-0.2, 0) is 0 Å². The zero-order valence-corrected chi connectivity index (χ0v) is 26.9. The number of hydrogen-bond acceptors (Lipinski definition) is 3. The van der Waals surface area contributed by atoms with Gasteiger partial charge in [-0.25, -0.2) is 15.0 Å². The van der Waals surface area contributed by atoms with E-state index in [1.54, 1.807) is 0 Å². The van der Waals surface area contributed by atoms with Crippen molar-refractivity contribution in [2.45, 2.75) is 0 Å². The van der Waals surface area contributed by atoms with Crippen LogP contribution in [0.25, 0.3) is 110 Å². The predicted octanol–water partition coefficient (Wildman–Crippen LogP) is 12.4. The lowest BCUT2D eigenvalue weighted by atomic mass is 9.87. The third-order valence-corrected chi connectivity index (χ3v) is 10.4. The van der Waals surface area contributed by atoms with Crippen molar-refractivity contribution >= 4 is 75.4 Å². The van der Waals surface area contributed by atoms with Gasteiger partial charge in [0.15, 0.2) is 17.5 Å². The van der Waals surface area contributed by atoms with Crippen LogP contribution in [0.1, 0.15) is 0 Å². The summed E-state index contributed by atoms with van der Waals surface area (Å²) in [5.74, 6) is 1.97. The fourth-order valence-electron chi connectivity index (χ4n) is 8.18.